The smallest absolute Gasteiger partial charge is 0.410 e. The van der Waals surface area contributed by atoms with Crippen LogP contribution < -0.4 is 5.32 Å². The number of carbonyl (C=O) groups excluding carboxylic acids is 2. The number of thioether (sulfide) groups is 1. The van der Waals surface area contributed by atoms with Crippen LogP contribution in [-0.4, -0.2) is 58.1 Å². The minimum absolute atomic E-state index is 0.0607. The lowest BCUT2D eigenvalue weighted by atomic mass is 10.0. The van der Waals surface area contributed by atoms with Crippen molar-refractivity contribution < 1.29 is 14.3 Å². The second-order valence-electron chi connectivity index (χ2n) is 7.32. The van der Waals surface area contributed by atoms with Crippen molar-refractivity contribution >= 4 is 47.0 Å². The van der Waals surface area contributed by atoms with Gasteiger partial charge in [-0.1, -0.05) is 23.2 Å². The van der Waals surface area contributed by atoms with E-state index in [2.05, 4.69) is 10.3 Å². The summed E-state index contributed by atoms with van der Waals surface area (Å²) in [4.78, 5) is 29.5. The van der Waals surface area contributed by atoms with Crippen LogP contribution in [0.2, 0.25) is 10.0 Å². The number of likely N-dealkylation sites (tertiary alicyclic amines) is 1. The largest absolute Gasteiger partial charge is 0.444 e. The Morgan fingerprint density at radius 3 is 2.46 bits per heavy atom. The van der Waals surface area contributed by atoms with Gasteiger partial charge in [0.2, 0.25) is 0 Å². The van der Waals surface area contributed by atoms with Gasteiger partial charge in [-0.3, -0.25) is 4.79 Å². The number of piperidine rings is 1. The van der Waals surface area contributed by atoms with E-state index in [1.54, 1.807) is 23.6 Å². The summed E-state index contributed by atoms with van der Waals surface area (Å²) in [5, 5.41) is 3.66. The van der Waals surface area contributed by atoms with Gasteiger partial charge in [0.15, 0.2) is 0 Å². The zero-order valence-electron chi connectivity index (χ0n) is 15.6. The Hall–Kier alpha value is -1.05. The minimum Gasteiger partial charge on any atom is -0.444 e. The van der Waals surface area contributed by atoms with E-state index in [1.807, 2.05) is 27.0 Å². The number of hydrogen-bond donors (Lipinski definition) is 2. The van der Waals surface area contributed by atoms with Crippen LogP contribution in [0, 0.1) is 6.92 Å². The van der Waals surface area contributed by atoms with Gasteiger partial charge in [0.05, 0.1) is 10.0 Å². The first-order valence-electron chi connectivity index (χ1n) is 8.38. The van der Waals surface area contributed by atoms with Gasteiger partial charge in [-0.15, -0.1) is 0 Å². The third kappa shape index (κ3) is 5.02. The second-order valence-corrected chi connectivity index (χ2v) is 9.15. The molecule has 2 N–H and O–H groups in total. The van der Waals surface area contributed by atoms with Crippen molar-refractivity contribution in [2.24, 2.45) is 0 Å². The monoisotopic (exact) mass is 421 g/mol. The Morgan fingerprint density at radius 1 is 1.31 bits per heavy atom. The number of ether oxygens (including phenoxy) is 1. The van der Waals surface area contributed by atoms with E-state index < -0.39 is 5.60 Å². The van der Waals surface area contributed by atoms with E-state index in [9.17, 15) is 9.59 Å². The normalized spacial score (nSPS) is 20.8. The number of aryl methyl sites for hydroxylation is 1. The molecule has 0 saturated carbocycles. The number of nitrogens with one attached hydrogen (secondary N) is 2. The van der Waals surface area contributed by atoms with Crippen molar-refractivity contribution in [1.82, 2.24) is 15.2 Å². The van der Waals surface area contributed by atoms with Crippen LogP contribution in [0.25, 0.3) is 0 Å². The maximum Gasteiger partial charge on any atom is 0.410 e. The number of carbonyl (C=O) groups is 2. The Bertz CT molecular complexity index is 688. The van der Waals surface area contributed by atoms with E-state index in [4.69, 9.17) is 27.9 Å². The van der Waals surface area contributed by atoms with Gasteiger partial charge >= 0.3 is 6.09 Å². The number of rotatable bonds is 3. The summed E-state index contributed by atoms with van der Waals surface area (Å²) in [6.07, 6.45) is 2.28. The van der Waals surface area contributed by atoms with Gasteiger partial charge < -0.3 is 19.9 Å². The zero-order chi connectivity index (χ0) is 19.6. The molecule has 0 unspecified atom stereocenters. The van der Waals surface area contributed by atoms with Crippen LogP contribution in [0.15, 0.2) is 0 Å². The van der Waals surface area contributed by atoms with Gasteiger partial charge in [0.25, 0.3) is 5.91 Å². The summed E-state index contributed by atoms with van der Waals surface area (Å²) >= 11 is 13.8. The van der Waals surface area contributed by atoms with Crippen LogP contribution >= 0.6 is 35.0 Å². The summed E-state index contributed by atoms with van der Waals surface area (Å²) in [6, 6.07) is -0.0744. The summed E-state index contributed by atoms with van der Waals surface area (Å²) < 4.78 is 5.44. The number of aromatic nitrogens is 1. The average Bonchev–Trinajstić information content (AvgIpc) is 2.81. The SMILES string of the molecule is CS[C@@H]1CN(C(=O)OC(C)(C)C)CC[C@@H]1NC(=O)c1[nH]c(C)c(Cl)c1Cl. The molecule has 1 aromatic rings. The molecule has 2 amide bonds. The fraction of sp³-hybridized carbons (Fsp3) is 0.647. The number of nitrogens with zero attached hydrogens (tertiary/aromatic N) is 1. The number of aromatic amines is 1. The van der Waals surface area contributed by atoms with Crippen molar-refractivity contribution in [2.75, 3.05) is 19.3 Å². The van der Waals surface area contributed by atoms with Gasteiger partial charge in [0.1, 0.15) is 11.3 Å². The highest BCUT2D eigenvalue weighted by atomic mass is 35.5. The predicted octanol–water partition coefficient (Wildman–Crippen LogP) is 4.10. The Morgan fingerprint density at radius 2 is 1.96 bits per heavy atom. The second kappa shape index (κ2) is 8.31. The Kier molecular flexibility index (Phi) is 6.80. The first-order valence-corrected chi connectivity index (χ1v) is 10.4. The number of H-pyrrole nitrogens is 1. The molecule has 1 aliphatic rings. The molecule has 2 rings (SSSR count). The lowest BCUT2D eigenvalue weighted by Crippen LogP contribution is -2.54. The van der Waals surface area contributed by atoms with Crippen molar-refractivity contribution in [1.29, 1.82) is 0 Å². The van der Waals surface area contributed by atoms with Gasteiger partial charge in [0, 0.05) is 30.1 Å². The van der Waals surface area contributed by atoms with Crippen molar-refractivity contribution in [3.05, 3.63) is 21.4 Å². The predicted molar refractivity (Wildman–Crippen MR) is 107 cm³/mol. The highest BCUT2D eigenvalue weighted by Crippen LogP contribution is 2.30. The number of amides is 2. The molecule has 0 aromatic carbocycles. The summed E-state index contributed by atoms with van der Waals surface area (Å²) in [7, 11) is 0. The van der Waals surface area contributed by atoms with Gasteiger partial charge in [-0.05, 0) is 40.4 Å². The number of halogens is 2. The molecule has 1 saturated heterocycles. The molecular formula is C17H25Cl2N3O3S. The molecule has 0 bridgehead atoms. The maximum absolute atomic E-state index is 12.6. The van der Waals surface area contributed by atoms with Crippen LogP contribution in [0.3, 0.4) is 0 Å². The van der Waals surface area contributed by atoms with E-state index in [0.29, 0.717) is 30.2 Å². The third-order valence-corrected chi connectivity index (χ3v) is 6.14. The molecule has 146 valence electrons. The van der Waals surface area contributed by atoms with Crippen molar-refractivity contribution in [3.63, 3.8) is 0 Å². The van der Waals surface area contributed by atoms with Crippen molar-refractivity contribution in [2.45, 2.75) is 51.0 Å². The van der Waals surface area contributed by atoms with Gasteiger partial charge in [-0.2, -0.15) is 11.8 Å². The molecule has 0 radical (unpaired) electrons. The molecule has 0 spiro atoms. The van der Waals surface area contributed by atoms with E-state index in [0.717, 1.165) is 0 Å². The Balaban J connectivity index is 2.02. The average molecular weight is 422 g/mol. The topological polar surface area (TPSA) is 74.4 Å². The molecule has 6 nitrogen and oxygen atoms in total. The molecule has 2 atom stereocenters. The van der Waals surface area contributed by atoms with E-state index in [1.165, 1.54) is 0 Å². The van der Waals surface area contributed by atoms with Gasteiger partial charge in [-0.25, -0.2) is 4.79 Å². The summed E-state index contributed by atoms with van der Waals surface area (Å²) in [5.74, 6) is -0.292. The fourth-order valence-electron chi connectivity index (χ4n) is 2.78. The molecule has 1 aromatic heterocycles. The van der Waals surface area contributed by atoms with Crippen molar-refractivity contribution in [3.8, 4) is 0 Å². The Labute approximate surface area is 168 Å². The first kappa shape index (κ1) is 21.3. The van der Waals surface area contributed by atoms with E-state index >= 15 is 0 Å². The number of hydrogen-bond acceptors (Lipinski definition) is 4. The van der Waals surface area contributed by atoms with Crippen LogP contribution in [0.5, 0.6) is 0 Å². The third-order valence-electron chi connectivity index (χ3n) is 4.11. The lowest BCUT2D eigenvalue weighted by molar-refractivity contribution is 0.0205. The first-order chi connectivity index (χ1) is 12.0. The zero-order valence-corrected chi connectivity index (χ0v) is 17.9. The molecule has 1 fully saturated rings. The highest BCUT2D eigenvalue weighted by Gasteiger charge is 2.34. The summed E-state index contributed by atoms with van der Waals surface area (Å²) in [6.45, 7) is 8.33. The minimum atomic E-state index is -0.529. The molecule has 2 heterocycles. The molecule has 0 aliphatic carbocycles. The summed E-state index contributed by atoms with van der Waals surface area (Å²) in [5.41, 5.74) is 0.393. The molecular weight excluding hydrogens is 397 g/mol. The van der Waals surface area contributed by atoms with Crippen LogP contribution in [0.1, 0.15) is 43.4 Å². The lowest BCUT2D eigenvalue weighted by Gasteiger charge is -2.38. The standard InChI is InChI=1S/C17H25Cl2N3O3S/c1-9-12(18)13(19)14(20-9)15(23)21-10-6-7-22(8-11(10)26-5)16(24)25-17(2,3)4/h10-11,20H,6-8H2,1-5H3,(H,21,23)/t10-,11+/m0/s1. The fourth-order valence-corrected chi connectivity index (χ4v) is 4.06. The van der Waals surface area contributed by atoms with Crippen LogP contribution in [0.4, 0.5) is 4.79 Å². The molecule has 9 heteroatoms. The van der Waals surface area contributed by atoms with E-state index in [-0.39, 0.29) is 34.0 Å². The maximum atomic E-state index is 12.6. The molecule has 1 aliphatic heterocycles. The highest BCUT2D eigenvalue weighted by molar-refractivity contribution is 7.99. The van der Waals surface area contributed by atoms with Crippen LogP contribution in [-0.2, 0) is 4.74 Å². The quantitative estimate of drug-likeness (QED) is 0.769. The molecule has 26 heavy (non-hydrogen) atoms.